The first kappa shape index (κ1) is 23.5. The number of benzene rings is 1. The van der Waals surface area contributed by atoms with Gasteiger partial charge in [-0.25, -0.2) is 0 Å². The second-order valence-electron chi connectivity index (χ2n) is 8.17. The molecule has 7 heteroatoms. The van der Waals surface area contributed by atoms with Gasteiger partial charge < -0.3 is 14.3 Å². The summed E-state index contributed by atoms with van der Waals surface area (Å²) in [6.45, 7) is 13.9. The molecule has 1 heterocycles. The molecule has 2 aromatic rings. The molecular weight excluding hydrogens is 432 g/mol. The number of hydrogen-bond donors (Lipinski definition) is 0. The van der Waals surface area contributed by atoms with Crippen LogP contribution in [0.5, 0.6) is 0 Å². The van der Waals surface area contributed by atoms with E-state index in [1.165, 1.54) is 0 Å². The first-order valence-corrected chi connectivity index (χ1v) is 11.1. The van der Waals surface area contributed by atoms with Crippen molar-refractivity contribution in [1.29, 1.82) is 0 Å². The van der Waals surface area contributed by atoms with E-state index in [-0.39, 0.29) is 11.3 Å². The molecule has 29 heavy (non-hydrogen) atoms. The predicted molar refractivity (Wildman–Crippen MR) is 120 cm³/mol. The van der Waals surface area contributed by atoms with Crippen molar-refractivity contribution < 1.29 is 9.32 Å². The molecule has 0 bridgehead atoms. The van der Waals surface area contributed by atoms with Crippen LogP contribution < -0.4 is 4.90 Å². The van der Waals surface area contributed by atoms with Crippen LogP contribution in [0.4, 0.5) is 5.69 Å². The summed E-state index contributed by atoms with van der Waals surface area (Å²) < 4.78 is 6.31. The average Bonchev–Trinajstić information content (AvgIpc) is 3.15. The van der Waals surface area contributed by atoms with Gasteiger partial charge in [0.25, 0.3) is 0 Å². The summed E-state index contributed by atoms with van der Waals surface area (Å²) in [5.41, 5.74) is 0.781. The van der Waals surface area contributed by atoms with E-state index in [9.17, 15) is 4.79 Å². The number of amides is 1. The van der Waals surface area contributed by atoms with E-state index in [2.05, 4.69) is 65.6 Å². The SMILES string of the molecule is CCN(CC)CCN(C(=O)CCCc1nc(C(C)(C)C)no1)c1cccc(Br)c1. The molecule has 2 rings (SSSR count). The third-order valence-electron chi connectivity index (χ3n) is 4.88. The number of anilines is 1. The molecule has 0 radical (unpaired) electrons. The van der Waals surface area contributed by atoms with E-state index in [4.69, 9.17) is 4.52 Å². The number of halogens is 1. The topological polar surface area (TPSA) is 62.5 Å². The molecule has 1 amide bonds. The molecule has 1 aromatic heterocycles. The lowest BCUT2D eigenvalue weighted by Gasteiger charge is -2.27. The summed E-state index contributed by atoms with van der Waals surface area (Å²) >= 11 is 3.51. The third-order valence-corrected chi connectivity index (χ3v) is 5.37. The quantitative estimate of drug-likeness (QED) is 0.503. The molecular formula is C22H33BrN4O2. The zero-order valence-corrected chi connectivity index (χ0v) is 19.8. The lowest BCUT2D eigenvalue weighted by atomic mass is 9.96. The van der Waals surface area contributed by atoms with Gasteiger partial charge in [0.05, 0.1) is 0 Å². The van der Waals surface area contributed by atoms with Crippen molar-refractivity contribution >= 4 is 27.5 Å². The van der Waals surface area contributed by atoms with Gasteiger partial charge in [-0.05, 0) is 37.7 Å². The fraction of sp³-hybridized carbons (Fsp3) is 0.591. The van der Waals surface area contributed by atoms with Crippen LogP contribution in [0.15, 0.2) is 33.3 Å². The maximum atomic E-state index is 13.0. The van der Waals surface area contributed by atoms with Gasteiger partial charge in [0.15, 0.2) is 5.82 Å². The van der Waals surface area contributed by atoms with Crippen LogP contribution in [0.2, 0.25) is 0 Å². The Labute approximate surface area is 182 Å². The van der Waals surface area contributed by atoms with Crippen molar-refractivity contribution in [2.75, 3.05) is 31.1 Å². The summed E-state index contributed by atoms with van der Waals surface area (Å²) in [6, 6.07) is 7.91. The number of carbonyl (C=O) groups excluding carboxylic acids is 1. The van der Waals surface area contributed by atoms with Gasteiger partial charge in [-0.1, -0.05) is 61.8 Å². The summed E-state index contributed by atoms with van der Waals surface area (Å²) in [4.78, 5) is 21.7. The van der Waals surface area contributed by atoms with E-state index < -0.39 is 0 Å². The van der Waals surface area contributed by atoms with Crippen LogP contribution in [0.1, 0.15) is 59.2 Å². The molecule has 160 valence electrons. The van der Waals surface area contributed by atoms with Crippen molar-refractivity contribution in [1.82, 2.24) is 15.0 Å². The molecule has 0 fully saturated rings. The van der Waals surface area contributed by atoms with E-state index >= 15 is 0 Å². The number of likely N-dealkylation sites (N-methyl/N-ethyl adjacent to an activating group) is 1. The highest BCUT2D eigenvalue weighted by molar-refractivity contribution is 9.10. The Morgan fingerprint density at radius 3 is 2.48 bits per heavy atom. The molecule has 0 aliphatic heterocycles. The van der Waals surface area contributed by atoms with E-state index in [1.54, 1.807) is 0 Å². The Hall–Kier alpha value is -1.73. The first-order chi connectivity index (χ1) is 13.7. The fourth-order valence-electron chi connectivity index (χ4n) is 3.01. The zero-order valence-electron chi connectivity index (χ0n) is 18.2. The Morgan fingerprint density at radius 2 is 1.90 bits per heavy atom. The predicted octanol–water partition coefficient (Wildman–Crippen LogP) is 4.83. The van der Waals surface area contributed by atoms with Gasteiger partial charge in [0.1, 0.15) is 0 Å². The number of carbonyl (C=O) groups is 1. The normalized spacial score (nSPS) is 11.8. The molecule has 0 N–H and O–H groups in total. The Morgan fingerprint density at radius 1 is 1.17 bits per heavy atom. The molecule has 0 aliphatic carbocycles. The van der Waals surface area contributed by atoms with Crippen LogP contribution in [0, 0.1) is 0 Å². The summed E-state index contributed by atoms with van der Waals surface area (Å²) in [5, 5.41) is 4.05. The number of hydrogen-bond acceptors (Lipinski definition) is 5. The van der Waals surface area contributed by atoms with Crippen LogP contribution in [-0.4, -0.2) is 47.1 Å². The molecule has 0 unspecified atom stereocenters. The lowest BCUT2D eigenvalue weighted by molar-refractivity contribution is -0.118. The third kappa shape index (κ3) is 7.23. The second kappa shape index (κ2) is 10.9. The van der Waals surface area contributed by atoms with Crippen LogP contribution in [-0.2, 0) is 16.6 Å². The Balaban J connectivity index is 2.00. The Kier molecular flexibility index (Phi) is 8.83. The summed E-state index contributed by atoms with van der Waals surface area (Å²) in [7, 11) is 0. The van der Waals surface area contributed by atoms with Gasteiger partial charge in [0.2, 0.25) is 11.8 Å². The smallest absolute Gasteiger partial charge is 0.227 e. The van der Waals surface area contributed by atoms with Crippen molar-refractivity contribution in [2.45, 2.75) is 59.3 Å². The summed E-state index contributed by atoms with van der Waals surface area (Å²) in [6.07, 6.45) is 1.73. The average molecular weight is 465 g/mol. The number of rotatable bonds is 10. The van der Waals surface area contributed by atoms with E-state index in [0.717, 1.165) is 29.8 Å². The minimum absolute atomic E-state index is 0.116. The van der Waals surface area contributed by atoms with Crippen molar-refractivity contribution in [3.05, 3.63) is 40.5 Å². The fourth-order valence-corrected chi connectivity index (χ4v) is 3.40. The molecule has 0 spiro atoms. The molecule has 0 saturated heterocycles. The van der Waals surface area contributed by atoms with Gasteiger partial charge in [-0.3, -0.25) is 4.79 Å². The minimum atomic E-state index is -0.139. The number of nitrogens with zero attached hydrogens (tertiary/aromatic N) is 4. The standard InChI is InChI=1S/C22H33BrN4O2/c1-6-26(7-2)14-15-27(18-11-8-10-17(23)16-18)20(28)13-9-12-19-24-21(25-29-19)22(3,4)5/h8,10-11,16H,6-7,9,12-15H2,1-5H3. The maximum absolute atomic E-state index is 13.0. The maximum Gasteiger partial charge on any atom is 0.227 e. The van der Waals surface area contributed by atoms with Crippen LogP contribution >= 0.6 is 15.9 Å². The van der Waals surface area contributed by atoms with Gasteiger partial charge >= 0.3 is 0 Å². The molecule has 6 nitrogen and oxygen atoms in total. The minimum Gasteiger partial charge on any atom is -0.339 e. The van der Waals surface area contributed by atoms with E-state index in [1.807, 2.05) is 29.2 Å². The number of aryl methyl sites for hydroxylation is 1. The van der Waals surface area contributed by atoms with Gasteiger partial charge in [0, 0.05) is 41.5 Å². The highest BCUT2D eigenvalue weighted by atomic mass is 79.9. The van der Waals surface area contributed by atoms with Crippen molar-refractivity contribution in [3.63, 3.8) is 0 Å². The monoisotopic (exact) mass is 464 g/mol. The molecule has 0 saturated carbocycles. The van der Waals surface area contributed by atoms with Crippen molar-refractivity contribution in [3.8, 4) is 0 Å². The first-order valence-electron chi connectivity index (χ1n) is 10.4. The molecule has 0 aliphatic rings. The molecule has 0 atom stereocenters. The van der Waals surface area contributed by atoms with E-state index in [0.29, 0.717) is 37.5 Å². The van der Waals surface area contributed by atoms with Crippen LogP contribution in [0.3, 0.4) is 0 Å². The van der Waals surface area contributed by atoms with Gasteiger partial charge in [-0.15, -0.1) is 0 Å². The lowest BCUT2D eigenvalue weighted by Crippen LogP contribution is -2.38. The zero-order chi connectivity index (χ0) is 21.4. The molecule has 1 aromatic carbocycles. The van der Waals surface area contributed by atoms with Gasteiger partial charge in [-0.2, -0.15) is 4.98 Å². The number of aromatic nitrogens is 2. The summed E-state index contributed by atoms with van der Waals surface area (Å²) in [5.74, 6) is 1.42. The highest BCUT2D eigenvalue weighted by Crippen LogP contribution is 2.22. The highest BCUT2D eigenvalue weighted by Gasteiger charge is 2.21. The second-order valence-corrected chi connectivity index (χ2v) is 9.08. The van der Waals surface area contributed by atoms with Crippen molar-refractivity contribution in [2.24, 2.45) is 0 Å². The van der Waals surface area contributed by atoms with Crippen LogP contribution in [0.25, 0.3) is 0 Å². The Bertz CT molecular complexity index is 781. The largest absolute Gasteiger partial charge is 0.339 e.